The Balaban J connectivity index is 1.34. The largest absolute Gasteiger partial charge is 0.207 e. The smallest absolute Gasteiger partial charge is 0.123 e. The van der Waals surface area contributed by atoms with Gasteiger partial charge in [-0.2, -0.15) is 0 Å². The maximum absolute atomic E-state index is 13.1. The lowest BCUT2D eigenvalue weighted by atomic mass is 9.78. The zero-order valence-electron chi connectivity index (χ0n) is 16.4. The molecule has 1 aliphatic heterocycles. The van der Waals surface area contributed by atoms with E-state index in [9.17, 15) is 4.39 Å². The Kier molecular flexibility index (Phi) is 7.15. The van der Waals surface area contributed by atoms with E-state index < -0.39 is 8.80 Å². The predicted molar refractivity (Wildman–Crippen MR) is 109 cm³/mol. The van der Waals surface area contributed by atoms with Gasteiger partial charge in [0.25, 0.3) is 0 Å². The SMILES string of the molecule is CC(C)C[C@H]1CC[Si@H](CC[C@H]2CC[C@H](c3ccc(F)cc3)CC2)CC1. The summed E-state index contributed by atoms with van der Waals surface area (Å²) in [6, 6.07) is 12.1. The summed E-state index contributed by atoms with van der Waals surface area (Å²) in [4.78, 5) is 0. The van der Waals surface area contributed by atoms with Crippen molar-refractivity contribution in [1.82, 2.24) is 0 Å². The fraction of sp³-hybridized carbons (Fsp3) is 0.739. The third kappa shape index (κ3) is 5.94. The van der Waals surface area contributed by atoms with Gasteiger partial charge in [0.2, 0.25) is 0 Å². The first kappa shape index (κ1) is 19.1. The van der Waals surface area contributed by atoms with E-state index in [0.717, 1.165) is 17.8 Å². The molecule has 1 saturated heterocycles. The molecular weight excluding hydrogens is 323 g/mol. The molecule has 2 heteroatoms. The quantitative estimate of drug-likeness (QED) is 0.472. The fourth-order valence-corrected chi connectivity index (χ4v) is 9.11. The molecule has 0 atom stereocenters. The van der Waals surface area contributed by atoms with Gasteiger partial charge in [-0.15, -0.1) is 0 Å². The topological polar surface area (TPSA) is 0 Å². The summed E-state index contributed by atoms with van der Waals surface area (Å²) in [7, 11) is -0.404. The zero-order valence-corrected chi connectivity index (χ0v) is 17.5. The van der Waals surface area contributed by atoms with Crippen LogP contribution in [0.15, 0.2) is 24.3 Å². The van der Waals surface area contributed by atoms with Gasteiger partial charge in [-0.3, -0.25) is 0 Å². The van der Waals surface area contributed by atoms with Crippen molar-refractivity contribution in [3.05, 3.63) is 35.6 Å². The molecule has 1 aliphatic carbocycles. The molecule has 1 aromatic carbocycles. The lowest BCUT2D eigenvalue weighted by Crippen LogP contribution is -2.23. The van der Waals surface area contributed by atoms with E-state index in [0.29, 0.717) is 5.92 Å². The van der Waals surface area contributed by atoms with E-state index in [2.05, 4.69) is 13.8 Å². The zero-order chi connectivity index (χ0) is 17.6. The van der Waals surface area contributed by atoms with Crippen LogP contribution < -0.4 is 0 Å². The summed E-state index contributed by atoms with van der Waals surface area (Å²) in [6.45, 7) is 4.76. The first-order chi connectivity index (χ1) is 12.1. The number of hydrogen-bond donors (Lipinski definition) is 0. The number of rotatable bonds is 6. The molecule has 0 aromatic heterocycles. The minimum absolute atomic E-state index is 0.106. The Hall–Kier alpha value is -0.633. The summed E-state index contributed by atoms with van der Waals surface area (Å²) < 4.78 is 13.1. The number of halogens is 1. The molecule has 0 radical (unpaired) electrons. The van der Waals surface area contributed by atoms with Crippen LogP contribution in [0.3, 0.4) is 0 Å². The van der Waals surface area contributed by atoms with Crippen molar-refractivity contribution in [3.8, 4) is 0 Å². The van der Waals surface area contributed by atoms with Crippen LogP contribution in [0.4, 0.5) is 4.39 Å². The van der Waals surface area contributed by atoms with Crippen molar-refractivity contribution in [3.63, 3.8) is 0 Å². The molecule has 1 heterocycles. The predicted octanol–water partition coefficient (Wildman–Crippen LogP) is 7.17. The van der Waals surface area contributed by atoms with E-state index in [1.165, 1.54) is 44.1 Å². The van der Waals surface area contributed by atoms with E-state index >= 15 is 0 Å². The Bertz CT molecular complexity index is 493. The molecule has 0 N–H and O–H groups in total. The monoisotopic (exact) mass is 360 g/mol. The van der Waals surface area contributed by atoms with E-state index in [1.54, 1.807) is 43.1 Å². The third-order valence-electron chi connectivity index (χ3n) is 6.94. The van der Waals surface area contributed by atoms with Gasteiger partial charge in [0.05, 0.1) is 0 Å². The van der Waals surface area contributed by atoms with Crippen LogP contribution in [0.25, 0.3) is 0 Å². The Labute approximate surface area is 156 Å². The summed E-state index contributed by atoms with van der Waals surface area (Å²) in [5.41, 5.74) is 1.36. The van der Waals surface area contributed by atoms with Crippen molar-refractivity contribution in [2.75, 3.05) is 0 Å². The van der Waals surface area contributed by atoms with Crippen LogP contribution in [-0.4, -0.2) is 8.80 Å². The van der Waals surface area contributed by atoms with Gasteiger partial charge in [-0.25, -0.2) is 4.39 Å². The van der Waals surface area contributed by atoms with Crippen molar-refractivity contribution >= 4 is 8.80 Å². The molecule has 3 rings (SSSR count). The van der Waals surface area contributed by atoms with E-state index in [1.807, 2.05) is 12.1 Å². The highest BCUT2D eigenvalue weighted by molar-refractivity contribution is 6.58. The number of hydrogen-bond acceptors (Lipinski definition) is 0. The van der Waals surface area contributed by atoms with Gasteiger partial charge < -0.3 is 0 Å². The van der Waals surface area contributed by atoms with Gasteiger partial charge in [0, 0.05) is 8.80 Å². The van der Waals surface area contributed by atoms with Crippen LogP contribution in [-0.2, 0) is 0 Å². The van der Waals surface area contributed by atoms with E-state index in [4.69, 9.17) is 0 Å². The normalized spacial score (nSPS) is 30.6. The van der Waals surface area contributed by atoms with Gasteiger partial charge in [-0.05, 0) is 73.5 Å². The first-order valence-electron chi connectivity index (χ1n) is 10.9. The molecule has 0 amide bonds. The summed E-state index contributed by atoms with van der Waals surface area (Å²) >= 11 is 0. The van der Waals surface area contributed by atoms with Gasteiger partial charge >= 0.3 is 0 Å². The summed E-state index contributed by atoms with van der Waals surface area (Å²) in [6.07, 6.45) is 11.5. The van der Waals surface area contributed by atoms with Crippen LogP contribution in [0.5, 0.6) is 0 Å². The summed E-state index contributed by atoms with van der Waals surface area (Å²) in [5.74, 6) is 3.50. The lowest BCUT2D eigenvalue weighted by molar-refractivity contribution is 0.317. The Morgan fingerprint density at radius 2 is 1.56 bits per heavy atom. The average Bonchev–Trinajstić information content (AvgIpc) is 2.62. The van der Waals surface area contributed by atoms with Crippen molar-refractivity contribution in [1.29, 1.82) is 0 Å². The van der Waals surface area contributed by atoms with E-state index in [-0.39, 0.29) is 5.82 Å². The average molecular weight is 361 g/mol. The molecule has 0 spiro atoms. The highest BCUT2D eigenvalue weighted by Gasteiger charge is 2.26. The minimum atomic E-state index is -0.404. The van der Waals surface area contributed by atoms with Crippen LogP contribution in [0.2, 0.25) is 18.1 Å². The van der Waals surface area contributed by atoms with Crippen LogP contribution in [0.1, 0.15) is 76.7 Å². The molecular formula is C23H37FSi. The maximum Gasteiger partial charge on any atom is 0.123 e. The molecule has 140 valence electrons. The van der Waals surface area contributed by atoms with Gasteiger partial charge in [0.1, 0.15) is 5.82 Å². The number of benzene rings is 1. The van der Waals surface area contributed by atoms with Gasteiger partial charge in [-0.1, -0.05) is 63.4 Å². The Morgan fingerprint density at radius 1 is 0.920 bits per heavy atom. The standard InChI is InChI=1S/C23H37FSi/c1-18(2)17-20-12-15-25(16-13-20)14-11-19-3-5-21(6-4-19)22-7-9-23(24)10-8-22/h7-10,18-21,25H,3-6,11-17H2,1-2H3/t19-,20-,21-,25-. The minimum Gasteiger partial charge on any atom is -0.207 e. The third-order valence-corrected chi connectivity index (χ3v) is 10.4. The second-order valence-electron chi connectivity index (χ2n) is 9.36. The molecule has 0 nitrogen and oxygen atoms in total. The molecule has 1 aromatic rings. The second kappa shape index (κ2) is 9.35. The highest BCUT2D eigenvalue weighted by Crippen LogP contribution is 2.39. The lowest BCUT2D eigenvalue weighted by Gasteiger charge is -2.32. The molecule has 0 bridgehead atoms. The Morgan fingerprint density at radius 3 is 2.16 bits per heavy atom. The molecule has 2 fully saturated rings. The first-order valence-corrected chi connectivity index (χ1v) is 13.3. The summed E-state index contributed by atoms with van der Waals surface area (Å²) in [5, 5.41) is 0. The highest BCUT2D eigenvalue weighted by atomic mass is 28.3. The second-order valence-corrected chi connectivity index (χ2v) is 12.8. The fourth-order valence-electron chi connectivity index (χ4n) is 5.41. The van der Waals surface area contributed by atoms with Crippen LogP contribution in [0, 0.1) is 23.6 Å². The maximum atomic E-state index is 13.1. The molecule has 2 aliphatic rings. The van der Waals surface area contributed by atoms with Crippen molar-refractivity contribution < 1.29 is 4.39 Å². The molecule has 25 heavy (non-hydrogen) atoms. The molecule has 0 unspecified atom stereocenters. The van der Waals surface area contributed by atoms with Gasteiger partial charge in [0.15, 0.2) is 0 Å². The van der Waals surface area contributed by atoms with Crippen LogP contribution >= 0.6 is 0 Å². The van der Waals surface area contributed by atoms with Crippen molar-refractivity contribution in [2.45, 2.75) is 89.3 Å². The molecule has 1 saturated carbocycles. The van der Waals surface area contributed by atoms with Crippen molar-refractivity contribution in [2.24, 2.45) is 17.8 Å².